The van der Waals surface area contributed by atoms with Crippen molar-refractivity contribution in [3.63, 3.8) is 0 Å². The Morgan fingerprint density at radius 3 is 2.80 bits per heavy atom. The standard InChI is InChI=1S/C14H17N3O3/c1-14(13(19)20)5-7-17(8-14)12(18)10-4-6-15-11(16-10)9-2-3-9/h4,6,9H,2-3,5,7-8H2,1H3,(H,19,20)/t14-/m1/s1. The summed E-state index contributed by atoms with van der Waals surface area (Å²) in [7, 11) is 0. The first-order chi connectivity index (χ1) is 9.49. The van der Waals surface area contributed by atoms with Crippen LogP contribution in [0, 0.1) is 5.41 Å². The van der Waals surface area contributed by atoms with Gasteiger partial charge in [0.1, 0.15) is 11.5 Å². The van der Waals surface area contributed by atoms with Gasteiger partial charge in [0.25, 0.3) is 5.91 Å². The lowest BCUT2D eigenvalue weighted by atomic mass is 9.90. The highest BCUT2D eigenvalue weighted by molar-refractivity contribution is 5.93. The highest BCUT2D eigenvalue weighted by Gasteiger charge is 2.42. The van der Waals surface area contributed by atoms with E-state index in [-0.39, 0.29) is 12.5 Å². The zero-order valence-electron chi connectivity index (χ0n) is 11.4. The van der Waals surface area contributed by atoms with E-state index in [0.29, 0.717) is 24.6 Å². The fourth-order valence-electron chi connectivity index (χ4n) is 2.50. The summed E-state index contributed by atoms with van der Waals surface area (Å²) >= 11 is 0. The molecule has 0 spiro atoms. The van der Waals surface area contributed by atoms with Crippen molar-refractivity contribution in [1.29, 1.82) is 0 Å². The van der Waals surface area contributed by atoms with Gasteiger partial charge in [0.05, 0.1) is 5.41 Å². The molecule has 0 radical (unpaired) electrons. The maximum atomic E-state index is 12.4. The number of hydrogen-bond acceptors (Lipinski definition) is 4. The van der Waals surface area contributed by atoms with Crippen molar-refractivity contribution in [2.24, 2.45) is 5.41 Å². The number of amides is 1. The molecule has 1 saturated heterocycles. The highest BCUT2D eigenvalue weighted by Crippen LogP contribution is 2.38. The second-order valence-corrected chi connectivity index (χ2v) is 5.92. The molecule has 2 heterocycles. The normalized spacial score (nSPS) is 25.8. The molecule has 1 N–H and O–H groups in total. The van der Waals surface area contributed by atoms with Crippen LogP contribution in [0.15, 0.2) is 12.3 Å². The summed E-state index contributed by atoms with van der Waals surface area (Å²) in [6, 6.07) is 1.60. The van der Waals surface area contributed by atoms with E-state index in [4.69, 9.17) is 0 Å². The topological polar surface area (TPSA) is 83.4 Å². The molecule has 1 amide bonds. The molecule has 1 aromatic heterocycles. The van der Waals surface area contributed by atoms with E-state index in [2.05, 4.69) is 9.97 Å². The summed E-state index contributed by atoms with van der Waals surface area (Å²) < 4.78 is 0. The molecule has 3 rings (SSSR count). The van der Waals surface area contributed by atoms with Gasteiger partial charge in [-0.3, -0.25) is 9.59 Å². The van der Waals surface area contributed by atoms with Crippen LogP contribution in [0.2, 0.25) is 0 Å². The van der Waals surface area contributed by atoms with Crippen LogP contribution in [0.4, 0.5) is 0 Å². The van der Waals surface area contributed by atoms with Crippen molar-refractivity contribution in [1.82, 2.24) is 14.9 Å². The molecule has 2 aliphatic rings. The average Bonchev–Trinajstić information content (AvgIpc) is 3.21. The van der Waals surface area contributed by atoms with E-state index >= 15 is 0 Å². The second-order valence-electron chi connectivity index (χ2n) is 5.92. The average molecular weight is 275 g/mol. The van der Waals surface area contributed by atoms with Gasteiger partial charge >= 0.3 is 5.97 Å². The third kappa shape index (κ3) is 2.26. The molecule has 0 unspecified atom stereocenters. The first-order valence-electron chi connectivity index (χ1n) is 6.85. The Morgan fingerprint density at radius 2 is 2.20 bits per heavy atom. The first kappa shape index (κ1) is 13.0. The lowest BCUT2D eigenvalue weighted by Gasteiger charge is -2.19. The van der Waals surface area contributed by atoms with Gasteiger partial charge in [0.15, 0.2) is 0 Å². The SMILES string of the molecule is C[C@@]1(C(=O)O)CCN(C(=O)c2ccnc(C3CC3)n2)C1. The molecule has 2 fully saturated rings. The van der Waals surface area contributed by atoms with Crippen LogP contribution in [-0.4, -0.2) is 44.9 Å². The lowest BCUT2D eigenvalue weighted by molar-refractivity contribution is -0.147. The van der Waals surface area contributed by atoms with Gasteiger partial charge in [-0.1, -0.05) is 0 Å². The number of aromatic nitrogens is 2. The van der Waals surface area contributed by atoms with E-state index in [9.17, 15) is 14.7 Å². The summed E-state index contributed by atoms with van der Waals surface area (Å²) in [6.45, 7) is 2.38. The summed E-state index contributed by atoms with van der Waals surface area (Å²) in [6.07, 6.45) is 4.26. The van der Waals surface area contributed by atoms with E-state index in [1.807, 2.05) is 0 Å². The number of carboxylic acids is 1. The van der Waals surface area contributed by atoms with Crippen molar-refractivity contribution >= 4 is 11.9 Å². The molecular weight excluding hydrogens is 258 g/mol. The van der Waals surface area contributed by atoms with Gasteiger partial charge in [0, 0.05) is 25.2 Å². The predicted molar refractivity (Wildman–Crippen MR) is 70.3 cm³/mol. The number of hydrogen-bond donors (Lipinski definition) is 1. The van der Waals surface area contributed by atoms with Gasteiger partial charge in [-0.2, -0.15) is 0 Å². The van der Waals surface area contributed by atoms with Gasteiger partial charge in [-0.15, -0.1) is 0 Å². The molecule has 106 valence electrons. The van der Waals surface area contributed by atoms with Crippen LogP contribution >= 0.6 is 0 Å². The van der Waals surface area contributed by atoms with Crippen LogP contribution in [0.5, 0.6) is 0 Å². The fraction of sp³-hybridized carbons (Fsp3) is 0.571. The van der Waals surface area contributed by atoms with Crippen LogP contribution in [-0.2, 0) is 4.79 Å². The lowest BCUT2D eigenvalue weighted by Crippen LogP contribution is -2.35. The summed E-state index contributed by atoms with van der Waals surface area (Å²) in [4.78, 5) is 33.7. The molecular formula is C14H17N3O3. The monoisotopic (exact) mass is 275 g/mol. The van der Waals surface area contributed by atoms with Gasteiger partial charge in [0.2, 0.25) is 0 Å². The van der Waals surface area contributed by atoms with Crippen molar-refractivity contribution in [2.75, 3.05) is 13.1 Å². The van der Waals surface area contributed by atoms with E-state index < -0.39 is 11.4 Å². The Labute approximate surface area is 116 Å². The summed E-state index contributed by atoms with van der Waals surface area (Å²) in [5.74, 6) is 0.0788. The first-order valence-corrected chi connectivity index (χ1v) is 6.85. The number of carbonyl (C=O) groups is 2. The third-order valence-electron chi connectivity index (χ3n) is 4.11. The number of rotatable bonds is 3. The molecule has 1 aromatic rings. The zero-order chi connectivity index (χ0) is 14.3. The Morgan fingerprint density at radius 1 is 1.45 bits per heavy atom. The molecule has 1 atom stereocenters. The summed E-state index contributed by atoms with van der Waals surface area (Å²) in [5, 5.41) is 9.20. The van der Waals surface area contributed by atoms with Crippen molar-refractivity contribution in [3.8, 4) is 0 Å². The van der Waals surface area contributed by atoms with Crippen LogP contribution in [0.3, 0.4) is 0 Å². The van der Waals surface area contributed by atoms with Gasteiger partial charge < -0.3 is 10.0 Å². The van der Waals surface area contributed by atoms with Crippen LogP contribution in [0.25, 0.3) is 0 Å². The second kappa shape index (κ2) is 4.54. The van der Waals surface area contributed by atoms with Gasteiger partial charge in [-0.05, 0) is 32.3 Å². The zero-order valence-corrected chi connectivity index (χ0v) is 11.4. The molecule has 6 nitrogen and oxygen atoms in total. The Bertz CT molecular complexity index is 571. The maximum absolute atomic E-state index is 12.4. The molecule has 20 heavy (non-hydrogen) atoms. The number of carbonyl (C=O) groups excluding carboxylic acids is 1. The van der Waals surface area contributed by atoms with Crippen molar-refractivity contribution < 1.29 is 14.7 Å². The van der Waals surface area contributed by atoms with Crippen LogP contribution in [0.1, 0.15) is 48.4 Å². The maximum Gasteiger partial charge on any atom is 0.311 e. The number of nitrogens with zero attached hydrogens (tertiary/aromatic N) is 3. The number of likely N-dealkylation sites (tertiary alicyclic amines) is 1. The largest absolute Gasteiger partial charge is 0.481 e. The number of carboxylic acid groups (broad SMARTS) is 1. The Balaban J connectivity index is 1.76. The van der Waals surface area contributed by atoms with E-state index in [0.717, 1.165) is 18.7 Å². The number of aliphatic carboxylic acids is 1. The minimum atomic E-state index is -0.853. The molecule has 6 heteroatoms. The third-order valence-corrected chi connectivity index (χ3v) is 4.11. The van der Waals surface area contributed by atoms with Gasteiger partial charge in [-0.25, -0.2) is 9.97 Å². The Kier molecular flexibility index (Phi) is 2.96. The predicted octanol–water partition coefficient (Wildman–Crippen LogP) is 1.29. The molecule has 1 saturated carbocycles. The molecule has 0 aromatic carbocycles. The highest BCUT2D eigenvalue weighted by atomic mass is 16.4. The van der Waals surface area contributed by atoms with E-state index in [1.54, 1.807) is 24.1 Å². The Hall–Kier alpha value is -1.98. The molecule has 1 aliphatic heterocycles. The molecule has 0 bridgehead atoms. The molecule has 1 aliphatic carbocycles. The minimum Gasteiger partial charge on any atom is -0.481 e. The minimum absolute atomic E-state index is 0.195. The summed E-state index contributed by atoms with van der Waals surface area (Å²) in [5.41, 5.74) is -0.473. The van der Waals surface area contributed by atoms with E-state index in [1.165, 1.54) is 0 Å². The van der Waals surface area contributed by atoms with Crippen molar-refractivity contribution in [2.45, 2.75) is 32.1 Å². The quantitative estimate of drug-likeness (QED) is 0.898. The smallest absolute Gasteiger partial charge is 0.311 e. The van der Waals surface area contributed by atoms with Crippen molar-refractivity contribution in [3.05, 3.63) is 23.8 Å². The fourth-order valence-corrected chi connectivity index (χ4v) is 2.50. The van der Waals surface area contributed by atoms with Crippen LogP contribution < -0.4 is 0 Å².